The summed E-state index contributed by atoms with van der Waals surface area (Å²) in [6.45, 7) is 4.26. The Labute approximate surface area is 117 Å². The molecule has 19 heavy (non-hydrogen) atoms. The van der Waals surface area contributed by atoms with Gasteiger partial charge >= 0.3 is 0 Å². The van der Waals surface area contributed by atoms with Crippen molar-refractivity contribution < 1.29 is 8.42 Å². The molecular weight excluding hydrogens is 260 g/mol. The largest absolute Gasteiger partial charge is 0.310 e. The van der Waals surface area contributed by atoms with Gasteiger partial charge in [-0.2, -0.15) is 0 Å². The minimum atomic E-state index is -2.81. The lowest BCUT2D eigenvalue weighted by Crippen LogP contribution is -2.52. The van der Waals surface area contributed by atoms with Gasteiger partial charge in [0, 0.05) is 18.3 Å². The first-order valence-electron chi connectivity index (χ1n) is 7.64. The molecule has 0 bridgehead atoms. The smallest absolute Gasteiger partial charge is 0.147 e. The highest BCUT2D eigenvalue weighted by atomic mass is 32.2. The molecule has 1 spiro atoms. The van der Waals surface area contributed by atoms with E-state index in [9.17, 15) is 8.42 Å². The maximum absolute atomic E-state index is 11.2. The molecule has 0 atom stereocenters. The molecule has 112 valence electrons. The second-order valence-electron chi connectivity index (χ2n) is 6.38. The van der Waals surface area contributed by atoms with Gasteiger partial charge in [-0.1, -0.05) is 19.3 Å². The van der Waals surface area contributed by atoms with Crippen LogP contribution in [0.1, 0.15) is 44.9 Å². The summed E-state index contributed by atoms with van der Waals surface area (Å²) in [4.78, 5) is 2.48. The number of nitrogens with zero attached hydrogens (tertiary/aromatic N) is 1. The number of hydrogen-bond donors (Lipinski definition) is 1. The SMILES string of the molecule is CS(=O)(=O)CCCN1CCCNC2(CCCCC2)C1. The van der Waals surface area contributed by atoms with E-state index in [1.54, 1.807) is 0 Å². The van der Waals surface area contributed by atoms with Crippen LogP contribution in [0.15, 0.2) is 0 Å². The summed E-state index contributed by atoms with van der Waals surface area (Å²) in [5.74, 6) is 0.323. The maximum atomic E-state index is 11.2. The molecule has 0 aromatic carbocycles. The van der Waals surface area contributed by atoms with Crippen LogP contribution in [0.5, 0.6) is 0 Å². The molecular formula is C14H28N2O2S. The van der Waals surface area contributed by atoms with Crippen molar-refractivity contribution in [1.82, 2.24) is 10.2 Å². The van der Waals surface area contributed by atoms with Crippen LogP contribution in [0.2, 0.25) is 0 Å². The van der Waals surface area contributed by atoms with Crippen LogP contribution in [0.3, 0.4) is 0 Å². The molecule has 1 heterocycles. The van der Waals surface area contributed by atoms with Gasteiger partial charge in [0.2, 0.25) is 0 Å². The van der Waals surface area contributed by atoms with Crippen molar-refractivity contribution in [3.63, 3.8) is 0 Å². The van der Waals surface area contributed by atoms with E-state index in [-0.39, 0.29) is 0 Å². The van der Waals surface area contributed by atoms with Crippen molar-refractivity contribution >= 4 is 9.84 Å². The first-order valence-corrected chi connectivity index (χ1v) is 9.70. The number of hydrogen-bond acceptors (Lipinski definition) is 4. The zero-order valence-electron chi connectivity index (χ0n) is 12.2. The first kappa shape index (κ1) is 15.3. The lowest BCUT2D eigenvalue weighted by atomic mass is 9.81. The predicted octanol–water partition coefficient (Wildman–Crippen LogP) is 1.42. The Morgan fingerprint density at radius 1 is 1.16 bits per heavy atom. The topological polar surface area (TPSA) is 49.4 Å². The zero-order valence-corrected chi connectivity index (χ0v) is 13.0. The van der Waals surface area contributed by atoms with Gasteiger partial charge in [0.25, 0.3) is 0 Å². The van der Waals surface area contributed by atoms with Gasteiger partial charge in [-0.25, -0.2) is 8.42 Å². The zero-order chi connectivity index (χ0) is 13.8. The molecule has 1 N–H and O–H groups in total. The van der Waals surface area contributed by atoms with Crippen LogP contribution in [0, 0.1) is 0 Å². The Balaban J connectivity index is 1.86. The predicted molar refractivity (Wildman–Crippen MR) is 79.2 cm³/mol. The van der Waals surface area contributed by atoms with E-state index in [0.29, 0.717) is 11.3 Å². The van der Waals surface area contributed by atoms with Crippen molar-refractivity contribution in [2.75, 3.05) is 38.2 Å². The van der Waals surface area contributed by atoms with Crippen LogP contribution in [-0.2, 0) is 9.84 Å². The summed E-state index contributed by atoms with van der Waals surface area (Å²) in [6.07, 6.45) is 9.91. The minimum absolute atomic E-state index is 0.319. The third-order valence-electron chi connectivity index (χ3n) is 4.48. The fourth-order valence-electron chi connectivity index (χ4n) is 3.52. The molecule has 0 aromatic rings. The molecule has 2 fully saturated rings. The second-order valence-corrected chi connectivity index (χ2v) is 8.64. The highest BCUT2D eigenvalue weighted by molar-refractivity contribution is 7.90. The van der Waals surface area contributed by atoms with E-state index in [1.165, 1.54) is 44.8 Å². The monoisotopic (exact) mass is 288 g/mol. The summed E-state index contributed by atoms with van der Waals surface area (Å²) < 4.78 is 22.4. The van der Waals surface area contributed by atoms with Crippen LogP contribution in [0.25, 0.3) is 0 Å². The van der Waals surface area contributed by atoms with E-state index >= 15 is 0 Å². The highest BCUT2D eigenvalue weighted by Crippen LogP contribution is 2.30. The van der Waals surface area contributed by atoms with Gasteiger partial charge in [-0.05, 0) is 45.3 Å². The Morgan fingerprint density at radius 2 is 1.89 bits per heavy atom. The average molecular weight is 288 g/mol. The van der Waals surface area contributed by atoms with Crippen LogP contribution >= 0.6 is 0 Å². The van der Waals surface area contributed by atoms with E-state index < -0.39 is 9.84 Å². The third-order valence-corrected chi connectivity index (χ3v) is 5.51. The second kappa shape index (κ2) is 6.55. The maximum Gasteiger partial charge on any atom is 0.147 e. The van der Waals surface area contributed by atoms with E-state index in [4.69, 9.17) is 0 Å². The molecule has 1 saturated carbocycles. The van der Waals surface area contributed by atoms with Crippen LogP contribution < -0.4 is 5.32 Å². The summed E-state index contributed by atoms with van der Waals surface area (Å²) >= 11 is 0. The number of nitrogens with one attached hydrogen (secondary N) is 1. The quantitative estimate of drug-likeness (QED) is 0.850. The first-order chi connectivity index (χ1) is 8.99. The van der Waals surface area contributed by atoms with E-state index in [1.807, 2.05) is 0 Å². The molecule has 0 aromatic heterocycles. The summed E-state index contributed by atoms with van der Waals surface area (Å²) in [5.41, 5.74) is 0.319. The number of sulfone groups is 1. The molecule has 5 heteroatoms. The van der Waals surface area contributed by atoms with Crippen molar-refractivity contribution in [3.05, 3.63) is 0 Å². The molecule has 0 radical (unpaired) electrons. The lowest BCUT2D eigenvalue weighted by Gasteiger charge is -2.40. The number of rotatable bonds is 4. The Hall–Kier alpha value is -0.130. The van der Waals surface area contributed by atoms with Crippen molar-refractivity contribution in [2.45, 2.75) is 50.5 Å². The van der Waals surface area contributed by atoms with Gasteiger partial charge in [0.15, 0.2) is 0 Å². The van der Waals surface area contributed by atoms with Crippen molar-refractivity contribution in [2.24, 2.45) is 0 Å². The minimum Gasteiger partial charge on any atom is -0.310 e. The van der Waals surface area contributed by atoms with E-state index in [0.717, 1.165) is 32.6 Å². The molecule has 4 nitrogen and oxygen atoms in total. The Bertz CT molecular complexity index is 375. The summed E-state index contributed by atoms with van der Waals surface area (Å²) in [5, 5.41) is 3.77. The molecule has 0 amide bonds. The van der Waals surface area contributed by atoms with E-state index in [2.05, 4.69) is 10.2 Å². The van der Waals surface area contributed by atoms with Gasteiger partial charge in [-0.15, -0.1) is 0 Å². The molecule has 2 aliphatic rings. The van der Waals surface area contributed by atoms with Crippen LogP contribution in [-0.4, -0.2) is 57.0 Å². The average Bonchev–Trinajstić information content (AvgIpc) is 2.52. The summed E-state index contributed by atoms with van der Waals surface area (Å²) in [6, 6.07) is 0. The molecule has 2 rings (SSSR count). The fraction of sp³-hybridized carbons (Fsp3) is 1.00. The molecule has 0 unspecified atom stereocenters. The molecule has 1 aliphatic heterocycles. The summed E-state index contributed by atoms with van der Waals surface area (Å²) in [7, 11) is -2.81. The van der Waals surface area contributed by atoms with Gasteiger partial charge < -0.3 is 10.2 Å². The van der Waals surface area contributed by atoms with Crippen molar-refractivity contribution in [3.8, 4) is 0 Å². The lowest BCUT2D eigenvalue weighted by molar-refractivity contribution is 0.164. The normalized spacial score (nSPS) is 25.3. The molecule has 1 aliphatic carbocycles. The fourth-order valence-corrected chi connectivity index (χ4v) is 4.18. The van der Waals surface area contributed by atoms with Gasteiger partial charge in [0.1, 0.15) is 9.84 Å². The standard InChI is InChI=1S/C14H28N2O2S/c1-19(17,18)12-6-11-16-10-5-9-15-14(13-16)7-3-2-4-8-14/h15H,2-13H2,1H3. The van der Waals surface area contributed by atoms with Gasteiger partial charge in [-0.3, -0.25) is 0 Å². The molecule has 1 saturated heterocycles. The van der Waals surface area contributed by atoms with Crippen LogP contribution in [0.4, 0.5) is 0 Å². The Kier molecular flexibility index (Phi) is 5.26. The highest BCUT2D eigenvalue weighted by Gasteiger charge is 2.34. The third kappa shape index (κ3) is 5.04. The Morgan fingerprint density at radius 3 is 2.58 bits per heavy atom. The van der Waals surface area contributed by atoms with Gasteiger partial charge in [0.05, 0.1) is 5.75 Å². The van der Waals surface area contributed by atoms with Crippen molar-refractivity contribution in [1.29, 1.82) is 0 Å².